The van der Waals surface area contributed by atoms with Crippen LogP contribution < -0.4 is 5.32 Å². The minimum atomic E-state index is 0.0949. The summed E-state index contributed by atoms with van der Waals surface area (Å²) >= 11 is 0. The van der Waals surface area contributed by atoms with Gasteiger partial charge in [0.15, 0.2) is 0 Å². The molecule has 1 atom stereocenters. The minimum absolute atomic E-state index is 0.0949. The molecular weight excluding hydrogens is 422 g/mol. The maximum absolute atomic E-state index is 13.4. The predicted molar refractivity (Wildman–Crippen MR) is 134 cm³/mol. The van der Waals surface area contributed by atoms with E-state index in [0.717, 1.165) is 48.3 Å². The topological polar surface area (TPSA) is 73.9 Å². The van der Waals surface area contributed by atoms with Crippen LogP contribution in [0.5, 0.6) is 0 Å². The molecule has 0 unspecified atom stereocenters. The number of benzene rings is 1. The molecule has 0 bridgehead atoms. The first-order valence-corrected chi connectivity index (χ1v) is 12.1. The summed E-state index contributed by atoms with van der Waals surface area (Å²) in [7, 11) is 0. The lowest BCUT2D eigenvalue weighted by Gasteiger charge is -2.32. The van der Waals surface area contributed by atoms with Crippen molar-refractivity contribution in [2.45, 2.75) is 45.7 Å². The number of aryl methyl sites for hydroxylation is 2. The lowest BCUT2D eigenvalue weighted by Crippen LogP contribution is -2.37. The fraction of sp³-hybridized carbons (Fsp3) is 0.321. The zero-order chi connectivity index (χ0) is 23.2. The summed E-state index contributed by atoms with van der Waals surface area (Å²) in [6, 6.07) is 9.06. The number of amides is 1. The summed E-state index contributed by atoms with van der Waals surface area (Å²) in [5.74, 6) is 0.0949. The van der Waals surface area contributed by atoms with Crippen molar-refractivity contribution < 1.29 is 4.79 Å². The van der Waals surface area contributed by atoms with Gasteiger partial charge in [0.05, 0.1) is 0 Å². The molecule has 1 fully saturated rings. The van der Waals surface area contributed by atoms with Crippen molar-refractivity contribution in [2.75, 3.05) is 13.1 Å². The summed E-state index contributed by atoms with van der Waals surface area (Å²) in [5, 5.41) is 4.86. The van der Waals surface area contributed by atoms with Gasteiger partial charge in [0.1, 0.15) is 5.65 Å². The number of hydrogen-bond acceptors (Lipinski definition) is 4. The smallest absolute Gasteiger partial charge is 0.254 e. The summed E-state index contributed by atoms with van der Waals surface area (Å²) in [6.45, 7) is 6.48. The second kappa shape index (κ2) is 8.37. The average Bonchev–Trinajstić information content (AvgIpc) is 3.53. The Morgan fingerprint density at radius 2 is 2.03 bits per heavy atom. The Kier molecular flexibility index (Phi) is 5.18. The predicted octanol–water partition coefficient (Wildman–Crippen LogP) is 4.86. The summed E-state index contributed by atoms with van der Waals surface area (Å²) in [5.41, 5.74) is 10.2. The van der Waals surface area contributed by atoms with Crippen LogP contribution in [0.3, 0.4) is 0 Å². The SMILES string of the molecule is Cc1cnccc1C(=O)N1CCc2cc(-c3cnc4[nH]cc(C)c4c3)cc([C@@H]3CCCN3)c2C1. The van der Waals surface area contributed by atoms with E-state index < -0.39 is 0 Å². The quantitative estimate of drug-likeness (QED) is 0.466. The first-order chi connectivity index (χ1) is 16.6. The Hall–Kier alpha value is -3.51. The van der Waals surface area contributed by atoms with Gasteiger partial charge < -0.3 is 15.2 Å². The molecule has 6 rings (SSSR count). The second-order valence-corrected chi connectivity index (χ2v) is 9.61. The molecule has 2 aliphatic rings. The summed E-state index contributed by atoms with van der Waals surface area (Å²) in [6.07, 6.45) is 10.6. The molecular formula is C28H29N5O. The highest BCUT2D eigenvalue weighted by Crippen LogP contribution is 2.36. The van der Waals surface area contributed by atoms with Gasteiger partial charge in [-0.1, -0.05) is 6.07 Å². The molecule has 2 aliphatic heterocycles. The molecule has 0 saturated carbocycles. The molecule has 6 nitrogen and oxygen atoms in total. The molecule has 3 aromatic heterocycles. The fourth-order valence-electron chi connectivity index (χ4n) is 5.47. The van der Waals surface area contributed by atoms with Crippen LogP contribution in [0.2, 0.25) is 0 Å². The van der Waals surface area contributed by atoms with Crippen LogP contribution in [0.4, 0.5) is 0 Å². The third-order valence-corrected chi connectivity index (χ3v) is 7.42. The van der Waals surface area contributed by atoms with E-state index in [1.54, 1.807) is 12.4 Å². The first kappa shape index (κ1) is 21.1. The van der Waals surface area contributed by atoms with Gasteiger partial charge in [-0.3, -0.25) is 9.78 Å². The van der Waals surface area contributed by atoms with E-state index in [9.17, 15) is 4.79 Å². The van der Waals surface area contributed by atoms with Gasteiger partial charge in [-0.2, -0.15) is 0 Å². The normalized spacial score (nSPS) is 17.8. The van der Waals surface area contributed by atoms with Gasteiger partial charge in [0, 0.05) is 60.4 Å². The number of hydrogen-bond donors (Lipinski definition) is 2. The third kappa shape index (κ3) is 3.59. The minimum Gasteiger partial charge on any atom is -0.346 e. The van der Waals surface area contributed by atoms with Crippen LogP contribution in [0.15, 0.2) is 49.1 Å². The highest BCUT2D eigenvalue weighted by Gasteiger charge is 2.28. The molecule has 1 aromatic carbocycles. The summed E-state index contributed by atoms with van der Waals surface area (Å²) < 4.78 is 0. The second-order valence-electron chi connectivity index (χ2n) is 9.61. The fourth-order valence-corrected chi connectivity index (χ4v) is 5.47. The van der Waals surface area contributed by atoms with Crippen LogP contribution in [0.1, 0.15) is 57.1 Å². The molecule has 1 amide bonds. The Morgan fingerprint density at radius 1 is 1.12 bits per heavy atom. The Morgan fingerprint density at radius 3 is 2.85 bits per heavy atom. The molecule has 6 heteroatoms. The monoisotopic (exact) mass is 451 g/mol. The maximum Gasteiger partial charge on any atom is 0.254 e. The largest absolute Gasteiger partial charge is 0.346 e. The van der Waals surface area contributed by atoms with Crippen molar-refractivity contribution in [1.82, 2.24) is 25.2 Å². The maximum atomic E-state index is 13.4. The van der Waals surface area contributed by atoms with Gasteiger partial charge in [0.25, 0.3) is 5.91 Å². The number of fused-ring (bicyclic) bond motifs is 2. The van der Waals surface area contributed by atoms with Gasteiger partial charge in [-0.15, -0.1) is 0 Å². The van der Waals surface area contributed by atoms with E-state index >= 15 is 0 Å². The van der Waals surface area contributed by atoms with E-state index in [2.05, 4.69) is 45.4 Å². The van der Waals surface area contributed by atoms with E-state index in [1.807, 2.05) is 30.3 Å². The van der Waals surface area contributed by atoms with Crippen LogP contribution in [0.25, 0.3) is 22.2 Å². The van der Waals surface area contributed by atoms with Crippen LogP contribution >= 0.6 is 0 Å². The van der Waals surface area contributed by atoms with Crippen molar-refractivity contribution in [3.05, 3.63) is 82.4 Å². The highest BCUT2D eigenvalue weighted by molar-refractivity contribution is 5.95. The summed E-state index contributed by atoms with van der Waals surface area (Å²) in [4.78, 5) is 27.4. The third-order valence-electron chi connectivity index (χ3n) is 7.42. The molecule has 4 aromatic rings. The van der Waals surface area contributed by atoms with Crippen LogP contribution in [0, 0.1) is 13.8 Å². The molecule has 0 aliphatic carbocycles. The van der Waals surface area contributed by atoms with E-state index in [0.29, 0.717) is 12.6 Å². The molecule has 1 saturated heterocycles. The lowest BCUT2D eigenvalue weighted by atomic mass is 9.87. The number of pyridine rings is 2. The molecule has 0 radical (unpaired) electrons. The van der Waals surface area contributed by atoms with Crippen molar-refractivity contribution >= 4 is 16.9 Å². The zero-order valence-corrected chi connectivity index (χ0v) is 19.7. The van der Waals surface area contributed by atoms with Gasteiger partial charge in [-0.05, 0) is 91.2 Å². The number of carbonyl (C=O) groups excluding carboxylic acids is 1. The van der Waals surface area contributed by atoms with Crippen molar-refractivity contribution in [2.24, 2.45) is 0 Å². The number of nitrogens with one attached hydrogen (secondary N) is 2. The van der Waals surface area contributed by atoms with Gasteiger partial charge in [0.2, 0.25) is 0 Å². The van der Waals surface area contributed by atoms with Gasteiger partial charge in [-0.25, -0.2) is 4.98 Å². The number of nitrogens with zero attached hydrogens (tertiary/aromatic N) is 3. The van der Waals surface area contributed by atoms with E-state index in [4.69, 9.17) is 0 Å². The van der Waals surface area contributed by atoms with E-state index in [1.165, 1.54) is 39.6 Å². The molecule has 172 valence electrons. The Bertz CT molecular complexity index is 1400. The standard InChI is InChI=1S/C28H29N5O/c1-17-13-29-8-5-22(17)28(34)33-9-6-19-10-20(11-24(25(19)16-33)26-4-3-7-30-26)21-12-23-18(2)14-31-27(23)32-15-21/h5,8,10-15,26,30H,3-4,6-7,9,16H2,1-2H3,(H,31,32)/t26-/m0/s1. The van der Waals surface area contributed by atoms with Gasteiger partial charge >= 0.3 is 0 Å². The highest BCUT2D eigenvalue weighted by atomic mass is 16.2. The number of aromatic nitrogens is 3. The molecule has 5 heterocycles. The van der Waals surface area contributed by atoms with Crippen molar-refractivity contribution in [3.63, 3.8) is 0 Å². The first-order valence-electron chi connectivity index (χ1n) is 12.1. The average molecular weight is 452 g/mol. The lowest BCUT2D eigenvalue weighted by molar-refractivity contribution is 0.0733. The van der Waals surface area contributed by atoms with E-state index in [-0.39, 0.29) is 5.91 Å². The van der Waals surface area contributed by atoms with Crippen LogP contribution in [-0.2, 0) is 13.0 Å². The number of H-pyrrole nitrogens is 1. The van der Waals surface area contributed by atoms with Crippen molar-refractivity contribution in [3.8, 4) is 11.1 Å². The Labute approximate surface area is 199 Å². The Balaban J connectivity index is 1.41. The molecule has 2 N–H and O–H groups in total. The molecule has 34 heavy (non-hydrogen) atoms. The number of aromatic amines is 1. The van der Waals surface area contributed by atoms with Crippen molar-refractivity contribution in [1.29, 1.82) is 0 Å². The molecule has 0 spiro atoms. The number of rotatable bonds is 3. The zero-order valence-electron chi connectivity index (χ0n) is 19.7. The van der Waals surface area contributed by atoms with Crippen LogP contribution in [-0.4, -0.2) is 38.8 Å². The number of carbonyl (C=O) groups is 1.